The maximum absolute atomic E-state index is 12.7. The lowest BCUT2D eigenvalue weighted by molar-refractivity contribution is -0.138. The van der Waals surface area contributed by atoms with Gasteiger partial charge in [-0.1, -0.05) is 47.2 Å². The number of anilines is 2. The van der Waals surface area contributed by atoms with Crippen molar-refractivity contribution in [1.29, 1.82) is 0 Å². The van der Waals surface area contributed by atoms with Gasteiger partial charge in [0, 0.05) is 46.7 Å². The highest BCUT2D eigenvalue weighted by atomic mass is 35.5. The van der Waals surface area contributed by atoms with Crippen LogP contribution in [-0.2, 0) is 16.0 Å². The molecule has 2 aromatic carbocycles. The van der Waals surface area contributed by atoms with E-state index in [9.17, 15) is 14.7 Å². The number of carboxylic acids is 1. The number of fused-ring (bicyclic) bond motifs is 1. The number of benzene rings is 2. The molecule has 0 aromatic heterocycles. The van der Waals surface area contributed by atoms with E-state index in [0.717, 1.165) is 5.56 Å². The Morgan fingerprint density at radius 1 is 1.23 bits per heavy atom. The van der Waals surface area contributed by atoms with Gasteiger partial charge in [0.15, 0.2) is 0 Å². The van der Waals surface area contributed by atoms with E-state index in [1.54, 1.807) is 17.0 Å². The first-order valence-corrected chi connectivity index (χ1v) is 10.1. The van der Waals surface area contributed by atoms with Crippen LogP contribution in [0, 0.1) is 11.8 Å². The summed E-state index contributed by atoms with van der Waals surface area (Å²) in [6, 6.07) is 9.19. The van der Waals surface area contributed by atoms with Gasteiger partial charge in [0.25, 0.3) is 0 Å². The van der Waals surface area contributed by atoms with Gasteiger partial charge < -0.3 is 21.1 Å². The van der Waals surface area contributed by atoms with Crippen molar-refractivity contribution in [3.8, 4) is 11.8 Å². The molecule has 4 N–H and O–H groups in total. The van der Waals surface area contributed by atoms with Gasteiger partial charge in [-0.15, -0.1) is 12.4 Å². The topological polar surface area (TPSA) is 95.7 Å². The summed E-state index contributed by atoms with van der Waals surface area (Å²) in [6.07, 6.45) is 0.714. The van der Waals surface area contributed by atoms with Gasteiger partial charge in [0.2, 0.25) is 5.91 Å². The number of nitrogens with two attached hydrogens (primary N) is 1. The van der Waals surface area contributed by atoms with Gasteiger partial charge in [0.1, 0.15) is 6.04 Å². The van der Waals surface area contributed by atoms with Crippen LogP contribution >= 0.6 is 35.6 Å². The summed E-state index contributed by atoms with van der Waals surface area (Å²) >= 11 is 12.6. The number of nitrogens with one attached hydrogen (secondary N) is 1. The summed E-state index contributed by atoms with van der Waals surface area (Å²) in [5.41, 5.74) is 8.17. The van der Waals surface area contributed by atoms with Gasteiger partial charge in [-0.3, -0.25) is 4.79 Å². The molecule has 0 aliphatic carbocycles. The molecule has 1 aliphatic heterocycles. The number of hydrogen-bond acceptors (Lipinski definition) is 4. The maximum atomic E-state index is 12.7. The van der Waals surface area contributed by atoms with E-state index in [-0.39, 0.29) is 24.7 Å². The predicted molar refractivity (Wildman–Crippen MR) is 126 cm³/mol. The van der Waals surface area contributed by atoms with Crippen molar-refractivity contribution in [3.63, 3.8) is 0 Å². The van der Waals surface area contributed by atoms with Gasteiger partial charge >= 0.3 is 5.97 Å². The zero-order valence-electron chi connectivity index (χ0n) is 16.7. The lowest BCUT2D eigenvalue weighted by atomic mass is 9.91. The molecule has 0 fully saturated rings. The highest BCUT2D eigenvalue weighted by Crippen LogP contribution is 2.44. The van der Waals surface area contributed by atoms with Crippen LogP contribution in [0.5, 0.6) is 0 Å². The Kier molecular flexibility index (Phi) is 8.60. The van der Waals surface area contributed by atoms with Gasteiger partial charge in [-0.2, -0.15) is 0 Å². The number of halogens is 3. The van der Waals surface area contributed by atoms with E-state index >= 15 is 0 Å². The van der Waals surface area contributed by atoms with E-state index in [1.165, 1.54) is 6.92 Å². The monoisotopic (exact) mass is 481 g/mol. The molecule has 0 spiro atoms. The molecule has 6 nitrogen and oxygen atoms in total. The average molecular weight is 483 g/mol. The van der Waals surface area contributed by atoms with Gasteiger partial charge in [-0.05, 0) is 29.8 Å². The Hall–Kier alpha value is -2.43. The standard InChI is InChI=1S/C22H21Cl2N3O3.ClH/c1-13(28)27(16-7-5-14(6-8-16)4-2-3-9-25)20-12-19(22(29)30)26-18-11-15(23)10-17(24)21(18)20;/h5-8,10-11,19-20,26H,4,9,12,25H2,1H3,(H,29,30);1H. The fraction of sp³-hybridized carbons (Fsp3) is 0.273. The third kappa shape index (κ3) is 5.63. The fourth-order valence-corrected chi connectivity index (χ4v) is 4.24. The van der Waals surface area contributed by atoms with Crippen LogP contribution in [0.25, 0.3) is 0 Å². The molecule has 9 heteroatoms. The predicted octanol–water partition coefficient (Wildman–Crippen LogP) is 4.28. The van der Waals surface area contributed by atoms with Crippen molar-refractivity contribution in [1.82, 2.24) is 0 Å². The summed E-state index contributed by atoms with van der Waals surface area (Å²) < 4.78 is 0. The molecule has 2 aromatic rings. The minimum absolute atomic E-state index is 0. The molecular weight excluding hydrogens is 461 g/mol. The van der Waals surface area contributed by atoms with Crippen molar-refractivity contribution >= 4 is 58.9 Å². The van der Waals surface area contributed by atoms with Crippen LogP contribution in [0.1, 0.15) is 30.5 Å². The Morgan fingerprint density at radius 3 is 2.48 bits per heavy atom. The molecular formula is C22H22Cl3N3O3. The lowest BCUT2D eigenvalue weighted by Gasteiger charge is -2.38. The van der Waals surface area contributed by atoms with Crippen LogP contribution in [0.15, 0.2) is 36.4 Å². The highest BCUT2D eigenvalue weighted by molar-refractivity contribution is 6.35. The van der Waals surface area contributed by atoms with Crippen LogP contribution < -0.4 is 16.0 Å². The summed E-state index contributed by atoms with van der Waals surface area (Å²) in [6.45, 7) is 1.75. The van der Waals surface area contributed by atoms with Crippen molar-refractivity contribution < 1.29 is 14.7 Å². The minimum Gasteiger partial charge on any atom is -0.480 e. The quantitative estimate of drug-likeness (QED) is 0.565. The van der Waals surface area contributed by atoms with Crippen molar-refractivity contribution in [2.24, 2.45) is 5.73 Å². The first-order chi connectivity index (χ1) is 14.3. The summed E-state index contributed by atoms with van der Waals surface area (Å²) in [7, 11) is 0. The van der Waals surface area contributed by atoms with Crippen LogP contribution in [0.4, 0.5) is 11.4 Å². The number of amides is 1. The Balaban J connectivity index is 0.00000341. The van der Waals surface area contributed by atoms with E-state index in [4.69, 9.17) is 28.9 Å². The lowest BCUT2D eigenvalue weighted by Crippen LogP contribution is -2.43. The summed E-state index contributed by atoms with van der Waals surface area (Å²) in [4.78, 5) is 26.0. The Labute approximate surface area is 197 Å². The average Bonchev–Trinajstić information content (AvgIpc) is 2.68. The van der Waals surface area contributed by atoms with E-state index in [0.29, 0.717) is 39.9 Å². The molecule has 31 heavy (non-hydrogen) atoms. The SMILES string of the molecule is CC(=O)N(c1ccc(CC#CCN)cc1)C1CC(C(=O)O)Nc2cc(Cl)cc(Cl)c21.Cl. The molecule has 1 heterocycles. The third-order valence-electron chi connectivity index (χ3n) is 4.90. The molecule has 1 amide bonds. The molecule has 0 saturated heterocycles. The Morgan fingerprint density at radius 2 is 1.90 bits per heavy atom. The second kappa shape index (κ2) is 10.7. The largest absolute Gasteiger partial charge is 0.480 e. The zero-order valence-corrected chi connectivity index (χ0v) is 19.0. The number of carbonyl (C=O) groups excluding carboxylic acids is 1. The molecule has 0 saturated carbocycles. The number of rotatable bonds is 4. The maximum Gasteiger partial charge on any atom is 0.326 e. The van der Waals surface area contributed by atoms with E-state index in [2.05, 4.69) is 17.2 Å². The first kappa shape index (κ1) is 24.8. The molecule has 2 atom stereocenters. The smallest absolute Gasteiger partial charge is 0.326 e. The zero-order chi connectivity index (χ0) is 21.8. The van der Waals surface area contributed by atoms with Crippen molar-refractivity contribution in [2.45, 2.75) is 31.8 Å². The van der Waals surface area contributed by atoms with Gasteiger partial charge in [-0.25, -0.2) is 4.79 Å². The number of aliphatic carboxylic acids is 1. The normalized spacial score (nSPS) is 16.6. The van der Waals surface area contributed by atoms with E-state index < -0.39 is 18.1 Å². The second-order valence-electron chi connectivity index (χ2n) is 6.93. The second-order valence-corrected chi connectivity index (χ2v) is 7.77. The van der Waals surface area contributed by atoms with Crippen molar-refractivity contribution in [2.75, 3.05) is 16.8 Å². The molecule has 1 aliphatic rings. The van der Waals surface area contributed by atoms with Crippen LogP contribution in [0.2, 0.25) is 10.0 Å². The number of hydrogen-bond donors (Lipinski definition) is 3. The first-order valence-electron chi connectivity index (χ1n) is 9.34. The minimum atomic E-state index is -1.01. The van der Waals surface area contributed by atoms with E-state index in [1.807, 2.05) is 24.3 Å². The molecule has 0 radical (unpaired) electrons. The number of carbonyl (C=O) groups is 2. The Bertz CT molecular complexity index is 1030. The third-order valence-corrected chi connectivity index (χ3v) is 5.43. The molecule has 3 rings (SSSR count). The summed E-state index contributed by atoms with van der Waals surface area (Å²) in [5, 5.41) is 13.3. The molecule has 164 valence electrons. The van der Waals surface area contributed by atoms with Gasteiger partial charge in [0.05, 0.1) is 12.6 Å². The number of nitrogens with zero attached hydrogens (tertiary/aromatic N) is 1. The fourth-order valence-electron chi connectivity index (χ4n) is 3.62. The molecule has 0 bridgehead atoms. The molecule has 2 unspecified atom stereocenters. The highest BCUT2D eigenvalue weighted by Gasteiger charge is 2.37. The number of carboxylic acid groups (broad SMARTS) is 1. The van der Waals surface area contributed by atoms with Crippen LogP contribution in [-0.4, -0.2) is 29.6 Å². The summed E-state index contributed by atoms with van der Waals surface area (Å²) in [5.74, 6) is 4.55. The van der Waals surface area contributed by atoms with Crippen LogP contribution in [0.3, 0.4) is 0 Å². The van der Waals surface area contributed by atoms with Crippen molar-refractivity contribution in [3.05, 3.63) is 57.6 Å².